The van der Waals surface area contributed by atoms with E-state index in [2.05, 4.69) is 34.2 Å². The first-order valence-electron chi connectivity index (χ1n) is 5.77. The molecule has 19 heavy (non-hydrogen) atoms. The van der Waals surface area contributed by atoms with Gasteiger partial charge in [-0.15, -0.1) is 11.3 Å². The van der Waals surface area contributed by atoms with Crippen LogP contribution >= 0.6 is 27.3 Å². The van der Waals surface area contributed by atoms with Gasteiger partial charge in [-0.05, 0) is 53.5 Å². The molecule has 1 aromatic heterocycles. The van der Waals surface area contributed by atoms with Gasteiger partial charge in [0.15, 0.2) is 0 Å². The van der Waals surface area contributed by atoms with Gasteiger partial charge in [0.05, 0.1) is 16.6 Å². The van der Waals surface area contributed by atoms with Crippen molar-refractivity contribution in [3.8, 4) is 0 Å². The Balaban J connectivity index is 2.07. The molecule has 0 radical (unpaired) electrons. The van der Waals surface area contributed by atoms with E-state index < -0.39 is 5.82 Å². The smallest absolute Gasteiger partial charge is 0.252 e. The summed E-state index contributed by atoms with van der Waals surface area (Å²) < 4.78 is 13.5. The highest BCUT2D eigenvalue weighted by atomic mass is 79.9. The zero-order valence-electron chi connectivity index (χ0n) is 10.6. The van der Waals surface area contributed by atoms with Crippen molar-refractivity contribution in [1.29, 1.82) is 0 Å². The van der Waals surface area contributed by atoms with Crippen LogP contribution in [0.4, 0.5) is 4.39 Å². The van der Waals surface area contributed by atoms with Gasteiger partial charge in [0.25, 0.3) is 5.91 Å². The van der Waals surface area contributed by atoms with Crippen LogP contribution in [0.25, 0.3) is 0 Å². The molecular formula is C14H13BrFNOS. The van der Waals surface area contributed by atoms with E-state index >= 15 is 0 Å². The number of aryl methyl sites for hydroxylation is 2. The summed E-state index contributed by atoms with van der Waals surface area (Å²) in [4.78, 5) is 14.3. The number of hydrogen-bond donors (Lipinski definition) is 1. The lowest BCUT2D eigenvalue weighted by molar-refractivity contribution is 0.0950. The first-order chi connectivity index (χ1) is 8.99. The van der Waals surface area contributed by atoms with Crippen molar-refractivity contribution in [1.82, 2.24) is 5.32 Å². The van der Waals surface area contributed by atoms with E-state index in [1.807, 2.05) is 6.92 Å². The highest BCUT2D eigenvalue weighted by molar-refractivity contribution is 9.10. The maximum atomic E-state index is 13.3. The number of halogens is 2. The van der Waals surface area contributed by atoms with E-state index in [1.165, 1.54) is 22.6 Å². The molecule has 5 heteroatoms. The van der Waals surface area contributed by atoms with Gasteiger partial charge >= 0.3 is 0 Å². The minimum absolute atomic E-state index is 0.200. The molecule has 0 aliphatic rings. The van der Waals surface area contributed by atoms with Crippen LogP contribution in [0.2, 0.25) is 0 Å². The molecule has 0 aliphatic carbocycles. The summed E-state index contributed by atoms with van der Waals surface area (Å²) in [5.74, 6) is -0.717. The molecule has 0 saturated heterocycles. The Kier molecular flexibility index (Phi) is 4.37. The number of amides is 1. The first-order valence-corrected chi connectivity index (χ1v) is 7.38. The second-order valence-electron chi connectivity index (χ2n) is 4.24. The van der Waals surface area contributed by atoms with Gasteiger partial charge in [0.1, 0.15) is 5.82 Å². The van der Waals surface area contributed by atoms with Gasteiger partial charge in [-0.1, -0.05) is 6.07 Å². The molecule has 1 N–H and O–H groups in total. The fourth-order valence-corrected chi connectivity index (χ4v) is 3.12. The molecule has 100 valence electrons. The van der Waals surface area contributed by atoms with Crippen molar-refractivity contribution < 1.29 is 9.18 Å². The molecule has 0 saturated carbocycles. The Morgan fingerprint density at radius 3 is 2.79 bits per heavy atom. The van der Waals surface area contributed by atoms with Crippen LogP contribution < -0.4 is 5.32 Å². The van der Waals surface area contributed by atoms with Crippen LogP contribution in [-0.4, -0.2) is 5.91 Å². The first kappa shape index (κ1) is 14.2. The molecule has 0 fully saturated rings. The summed E-state index contributed by atoms with van der Waals surface area (Å²) >= 11 is 4.75. The lowest BCUT2D eigenvalue weighted by Crippen LogP contribution is -2.22. The fraction of sp³-hybridized carbons (Fsp3) is 0.214. The number of carbonyl (C=O) groups excluding carboxylic acids is 1. The Bertz CT molecular complexity index is 604. The summed E-state index contributed by atoms with van der Waals surface area (Å²) in [5, 5.41) is 2.80. The van der Waals surface area contributed by atoms with Crippen molar-refractivity contribution >= 4 is 33.2 Å². The molecule has 0 bridgehead atoms. The van der Waals surface area contributed by atoms with E-state index in [4.69, 9.17) is 0 Å². The summed E-state index contributed by atoms with van der Waals surface area (Å²) in [6.07, 6.45) is 0. The van der Waals surface area contributed by atoms with E-state index in [-0.39, 0.29) is 10.4 Å². The molecule has 0 aliphatic heterocycles. The van der Waals surface area contributed by atoms with E-state index in [9.17, 15) is 9.18 Å². The Labute approximate surface area is 123 Å². The van der Waals surface area contributed by atoms with Gasteiger partial charge in [-0.25, -0.2) is 4.39 Å². The third-order valence-corrected chi connectivity index (χ3v) is 4.79. The van der Waals surface area contributed by atoms with Gasteiger partial charge in [0.2, 0.25) is 0 Å². The molecule has 0 unspecified atom stereocenters. The summed E-state index contributed by atoms with van der Waals surface area (Å²) in [7, 11) is 0. The topological polar surface area (TPSA) is 29.1 Å². The van der Waals surface area contributed by atoms with E-state index in [1.54, 1.807) is 17.4 Å². The summed E-state index contributed by atoms with van der Waals surface area (Å²) in [5.41, 5.74) is 1.53. The largest absolute Gasteiger partial charge is 0.347 e. The lowest BCUT2D eigenvalue weighted by Gasteiger charge is -2.06. The molecule has 1 aromatic carbocycles. The van der Waals surface area contributed by atoms with E-state index in [0.29, 0.717) is 12.1 Å². The van der Waals surface area contributed by atoms with Gasteiger partial charge in [0, 0.05) is 9.75 Å². The van der Waals surface area contributed by atoms with Crippen LogP contribution in [0, 0.1) is 19.7 Å². The monoisotopic (exact) mass is 341 g/mol. The lowest BCUT2D eigenvalue weighted by atomic mass is 10.2. The SMILES string of the molecule is Cc1cc(CNC(=O)c2cccc(F)c2Br)sc1C. The quantitative estimate of drug-likeness (QED) is 0.890. The minimum Gasteiger partial charge on any atom is -0.347 e. The Morgan fingerprint density at radius 1 is 1.42 bits per heavy atom. The Morgan fingerprint density at radius 2 is 2.16 bits per heavy atom. The average molecular weight is 342 g/mol. The highest BCUT2D eigenvalue weighted by Crippen LogP contribution is 2.22. The van der Waals surface area contributed by atoms with Crippen molar-refractivity contribution in [3.63, 3.8) is 0 Å². The van der Waals surface area contributed by atoms with Crippen molar-refractivity contribution in [2.45, 2.75) is 20.4 Å². The number of thiophene rings is 1. The van der Waals surface area contributed by atoms with Crippen LogP contribution in [0.1, 0.15) is 25.7 Å². The maximum absolute atomic E-state index is 13.3. The van der Waals surface area contributed by atoms with Gasteiger partial charge in [-0.2, -0.15) is 0 Å². The number of carbonyl (C=O) groups is 1. The minimum atomic E-state index is -0.435. The maximum Gasteiger partial charge on any atom is 0.252 e. The highest BCUT2D eigenvalue weighted by Gasteiger charge is 2.13. The summed E-state index contributed by atoms with van der Waals surface area (Å²) in [6.45, 7) is 4.55. The molecule has 0 atom stereocenters. The molecule has 2 nitrogen and oxygen atoms in total. The standard InChI is InChI=1S/C14H13BrFNOS/c1-8-6-10(19-9(8)2)7-17-14(18)11-4-3-5-12(16)13(11)15/h3-6H,7H2,1-2H3,(H,17,18). The number of rotatable bonds is 3. The normalized spacial score (nSPS) is 10.5. The van der Waals surface area contributed by atoms with E-state index in [0.717, 1.165) is 4.88 Å². The second-order valence-corrected chi connectivity index (χ2v) is 6.37. The fourth-order valence-electron chi connectivity index (χ4n) is 1.68. The number of hydrogen-bond acceptors (Lipinski definition) is 2. The van der Waals surface area contributed by atoms with Crippen molar-refractivity contribution in [3.05, 3.63) is 55.4 Å². The molecule has 1 heterocycles. The zero-order valence-corrected chi connectivity index (χ0v) is 13.0. The van der Waals surface area contributed by atoms with Crippen LogP contribution in [0.15, 0.2) is 28.7 Å². The number of nitrogens with one attached hydrogen (secondary N) is 1. The predicted octanol–water partition coefficient (Wildman–Crippen LogP) is 4.20. The van der Waals surface area contributed by atoms with Gasteiger partial charge in [-0.3, -0.25) is 4.79 Å². The van der Waals surface area contributed by atoms with Crippen molar-refractivity contribution in [2.24, 2.45) is 0 Å². The molecule has 1 amide bonds. The second kappa shape index (κ2) is 5.84. The zero-order chi connectivity index (χ0) is 14.0. The van der Waals surface area contributed by atoms with Crippen molar-refractivity contribution in [2.75, 3.05) is 0 Å². The Hall–Kier alpha value is -1.20. The molecular weight excluding hydrogens is 329 g/mol. The van der Waals surface area contributed by atoms with Crippen LogP contribution in [0.3, 0.4) is 0 Å². The third-order valence-electron chi connectivity index (χ3n) is 2.84. The van der Waals surface area contributed by atoms with Crippen LogP contribution in [-0.2, 0) is 6.54 Å². The molecule has 0 spiro atoms. The van der Waals surface area contributed by atoms with Gasteiger partial charge < -0.3 is 5.32 Å². The van der Waals surface area contributed by atoms with Crippen LogP contribution in [0.5, 0.6) is 0 Å². The molecule has 2 rings (SSSR count). The predicted molar refractivity (Wildman–Crippen MR) is 79.1 cm³/mol. The average Bonchev–Trinajstić information content (AvgIpc) is 2.69. The summed E-state index contributed by atoms with van der Waals surface area (Å²) in [6, 6.07) is 6.48. The molecule has 2 aromatic rings. The third kappa shape index (κ3) is 3.22. The number of benzene rings is 1.